The average Bonchev–Trinajstić information content (AvgIpc) is 3.21. The molecule has 116 valence electrons. The molecule has 3 rings (SSSR count). The number of hydrogen-bond donors (Lipinski definition) is 2. The summed E-state index contributed by atoms with van der Waals surface area (Å²) in [6.07, 6.45) is 2.37. The molecule has 0 atom stereocenters. The molecule has 0 bridgehead atoms. The molecule has 0 radical (unpaired) electrons. The molecule has 0 amide bonds. The fraction of sp³-hybridized carbons (Fsp3) is 0.733. The number of aliphatic hydroxyl groups is 1. The van der Waals surface area contributed by atoms with Crippen LogP contribution in [0.2, 0.25) is 0 Å². The highest BCUT2D eigenvalue weighted by Gasteiger charge is 2.28. The van der Waals surface area contributed by atoms with Gasteiger partial charge in [-0.25, -0.2) is 9.97 Å². The van der Waals surface area contributed by atoms with Crippen LogP contribution in [0.3, 0.4) is 0 Å². The molecule has 3 N–H and O–H groups in total. The first-order valence-corrected chi connectivity index (χ1v) is 7.75. The molecule has 1 saturated heterocycles. The quantitative estimate of drug-likeness (QED) is 0.855. The van der Waals surface area contributed by atoms with Crippen LogP contribution in [-0.4, -0.2) is 58.3 Å². The number of nitrogen functional groups attached to an aromatic ring is 1. The molecular formula is C15H25N5O. The summed E-state index contributed by atoms with van der Waals surface area (Å²) < 4.78 is 0. The highest BCUT2D eigenvalue weighted by atomic mass is 16.3. The lowest BCUT2D eigenvalue weighted by Gasteiger charge is -2.37. The molecule has 2 heterocycles. The minimum absolute atomic E-state index is 0.517. The second kappa shape index (κ2) is 5.42. The fourth-order valence-electron chi connectivity index (χ4n) is 2.84. The van der Waals surface area contributed by atoms with Gasteiger partial charge in [0.1, 0.15) is 17.5 Å². The monoisotopic (exact) mass is 291 g/mol. The van der Waals surface area contributed by atoms with Crippen LogP contribution >= 0.6 is 0 Å². The van der Waals surface area contributed by atoms with Crippen LogP contribution in [0.1, 0.15) is 38.4 Å². The third kappa shape index (κ3) is 3.83. The summed E-state index contributed by atoms with van der Waals surface area (Å²) in [6, 6.07) is 1.87. The third-order valence-corrected chi connectivity index (χ3v) is 4.00. The van der Waals surface area contributed by atoms with E-state index in [2.05, 4.69) is 19.8 Å². The Morgan fingerprint density at radius 1 is 1.24 bits per heavy atom. The van der Waals surface area contributed by atoms with Crippen LogP contribution in [0.5, 0.6) is 0 Å². The van der Waals surface area contributed by atoms with Crippen molar-refractivity contribution in [3.05, 3.63) is 11.9 Å². The zero-order valence-corrected chi connectivity index (χ0v) is 12.9. The lowest BCUT2D eigenvalue weighted by molar-refractivity contribution is 0.0344. The van der Waals surface area contributed by atoms with Gasteiger partial charge in [0.25, 0.3) is 0 Å². The van der Waals surface area contributed by atoms with E-state index in [1.807, 2.05) is 19.9 Å². The summed E-state index contributed by atoms with van der Waals surface area (Å²) >= 11 is 0. The van der Waals surface area contributed by atoms with E-state index in [0.717, 1.165) is 37.8 Å². The Morgan fingerprint density at radius 2 is 1.90 bits per heavy atom. The average molecular weight is 291 g/mol. The Bertz CT molecular complexity index is 501. The van der Waals surface area contributed by atoms with Gasteiger partial charge in [0, 0.05) is 44.7 Å². The zero-order chi connectivity index (χ0) is 15.0. The second-order valence-corrected chi connectivity index (χ2v) is 6.86. The summed E-state index contributed by atoms with van der Waals surface area (Å²) in [4.78, 5) is 13.6. The van der Waals surface area contributed by atoms with Crippen LogP contribution in [0.25, 0.3) is 0 Å². The Balaban J connectivity index is 1.64. The van der Waals surface area contributed by atoms with Crippen molar-refractivity contribution in [2.45, 2.75) is 38.2 Å². The number of piperazine rings is 1. The maximum absolute atomic E-state index is 9.90. The molecule has 0 unspecified atom stereocenters. The van der Waals surface area contributed by atoms with E-state index in [4.69, 9.17) is 5.73 Å². The molecule has 1 aliphatic carbocycles. The van der Waals surface area contributed by atoms with Crippen molar-refractivity contribution >= 4 is 11.6 Å². The summed E-state index contributed by atoms with van der Waals surface area (Å²) in [7, 11) is 0. The number of nitrogens with two attached hydrogens (primary N) is 1. The molecule has 1 aromatic rings. The predicted molar refractivity (Wildman–Crippen MR) is 83.4 cm³/mol. The molecule has 2 fully saturated rings. The van der Waals surface area contributed by atoms with Gasteiger partial charge < -0.3 is 15.7 Å². The SMILES string of the molecule is CC(C)(O)CN1CCN(c2cc(N)nc(C3CC3)n2)CC1. The first kappa shape index (κ1) is 14.5. The molecule has 1 saturated carbocycles. The summed E-state index contributed by atoms with van der Waals surface area (Å²) in [5.74, 6) is 2.95. The van der Waals surface area contributed by atoms with Crippen LogP contribution in [-0.2, 0) is 0 Å². The summed E-state index contributed by atoms with van der Waals surface area (Å²) in [5.41, 5.74) is 5.28. The van der Waals surface area contributed by atoms with Gasteiger partial charge in [-0.05, 0) is 26.7 Å². The highest BCUT2D eigenvalue weighted by Crippen LogP contribution is 2.38. The predicted octanol–water partition coefficient (Wildman–Crippen LogP) is 0.829. The first-order chi connectivity index (χ1) is 9.90. The van der Waals surface area contributed by atoms with Crippen LogP contribution in [0.15, 0.2) is 6.07 Å². The van der Waals surface area contributed by atoms with Gasteiger partial charge in [-0.15, -0.1) is 0 Å². The van der Waals surface area contributed by atoms with Crippen LogP contribution < -0.4 is 10.6 Å². The van der Waals surface area contributed by atoms with Gasteiger partial charge in [0.15, 0.2) is 0 Å². The number of aromatic nitrogens is 2. The van der Waals surface area contributed by atoms with Crippen molar-refractivity contribution in [1.29, 1.82) is 0 Å². The van der Waals surface area contributed by atoms with Crippen molar-refractivity contribution in [2.75, 3.05) is 43.4 Å². The van der Waals surface area contributed by atoms with Crippen molar-refractivity contribution in [2.24, 2.45) is 0 Å². The molecule has 6 nitrogen and oxygen atoms in total. The number of nitrogens with zero attached hydrogens (tertiary/aromatic N) is 4. The smallest absolute Gasteiger partial charge is 0.136 e. The second-order valence-electron chi connectivity index (χ2n) is 6.86. The van der Waals surface area contributed by atoms with Crippen molar-refractivity contribution in [3.63, 3.8) is 0 Å². The molecule has 1 aromatic heterocycles. The molecule has 21 heavy (non-hydrogen) atoms. The Hall–Kier alpha value is -1.40. The lowest BCUT2D eigenvalue weighted by atomic mass is 10.1. The molecule has 1 aliphatic heterocycles. The minimum atomic E-state index is -0.638. The molecule has 2 aliphatic rings. The maximum Gasteiger partial charge on any atom is 0.136 e. The van der Waals surface area contributed by atoms with Crippen molar-refractivity contribution in [1.82, 2.24) is 14.9 Å². The third-order valence-electron chi connectivity index (χ3n) is 4.00. The van der Waals surface area contributed by atoms with Gasteiger partial charge >= 0.3 is 0 Å². The van der Waals surface area contributed by atoms with E-state index in [1.165, 1.54) is 12.8 Å². The lowest BCUT2D eigenvalue weighted by Crippen LogP contribution is -2.50. The Kier molecular flexibility index (Phi) is 3.75. The van der Waals surface area contributed by atoms with Gasteiger partial charge in [0.05, 0.1) is 5.60 Å². The Labute approximate surface area is 126 Å². The van der Waals surface area contributed by atoms with Crippen LogP contribution in [0, 0.1) is 0 Å². The van der Waals surface area contributed by atoms with Gasteiger partial charge in [0.2, 0.25) is 0 Å². The fourth-order valence-corrected chi connectivity index (χ4v) is 2.84. The molecule has 0 spiro atoms. The van der Waals surface area contributed by atoms with E-state index < -0.39 is 5.60 Å². The van der Waals surface area contributed by atoms with Crippen molar-refractivity contribution in [3.8, 4) is 0 Å². The van der Waals surface area contributed by atoms with Gasteiger partial charge in [-0.3, -0.25) is 4.90 Å². The number of hydrogen-bond acceptors (Lipinski definition) is 6. The topological polar surface area (TPSA) is 78.5 Å². The summed E-state index contributed by atoms with van der Waals surface area (Å²) in [6.45, 7) is 8.12. The normalized spacial score (nSPS) is 20.8. The van der Waals surface area contributed by atoms with Crippen molar-refractivity contribution < 1.29 is 5.11 Å². The number of rotatable bonds is 4. The van der Waals surface area contributed by atoms with E-state index in [-0.39, 0.29) is 0 Å². The highest BCUT2D eigenvalue weighted by molar-refractivity contribution is 5.48. The number of β-amino-alcohol motifs (C(OH)–C–C–N with tert-alkyl or cyclic N) is 1. The molecular weight excluding hydrogens is 266 g/mol. The van der Waals surface area contributed by atoms with E-state index in [0.29, 0.717) is 18.3 Å². The molecule has 0 aromatic carbocycles. The van der Waals surface area contributed by atoms with E-state index in [1.54, 1.807) is 0 Å². The van der Waals surface area contributed by atoms with Gasteiger partial charge in [-0.2, -0.15) is 0 Å². The van der Waals surface area contributed by atoms with E-state index in [9.17, 15) is 5.11 Å². The maximum atomic E-state index is 9.90. The van der Waals surface area contributed by atoms with Crippen LogP contribution in [0.4, 0.5) is 11.6 Å². The largest absolute Gasteiger partial charge is 0.389 e. The van der Waals surface area contributed by atoms with Gasteiger partial charge in [-0.1, -0.05) is 0 Å². The Morgan fingerprint density at radius 3 is 2.48 bits per heavy atom. The first-order valence-electron chi connectivity index (χ1n) is 7.75. The number of anilines is 2. The zero-order valence-electron chi connectivity index (χ0n) is 12.9. The minimum Gasteiger partial charge on any atom is -0.389 e. The standard InChI is InChI=1S/C15H25N5O/c1-15(2,21)10-19-5-7-20(8-6-19)13-9-12(16)17-14(18-13)11-3-4-11/h9,11,21H,3-8,10H2,1-2H3,(H2,16,17,18). The summed E-state index contributed by atoms with van der Waals surface area (Å²) in [5, 5.41) is 9.90. The molecule has 6 heteroatoms. The van der Waals surface area contributed by atoms with E-state index >= 15 is 0 Å².